The standard InChI is InChI=1S/C23H31FN7O6PS/c1-13(20(33)34-5)29-38(39,37-14-9-7-6-8-10-14)35-11-15-17(32)23(2,24)21(36-15)31-12-26-16-18(30(3)4)27-22(25)28-19(16)31/h6-10,12-13,15,17,21,32H,11H2,1-5H3,(H,29,39)(H2,25,27,28)/t13-,15+,17+,21+,23+,38-/m0/s1. The van der Waals surface area contributed by atoms with Crippen LogP contribution >= 0.6 is 6.64 Å². The first kappa shape index (κ1) is 29.1. The van der Waals surface area contributed by atoms with E-state index in [4.69, 9.17) is 36.1 Å². The first-order valence-corrected chi connectivity index (χ1v) is 14.5. The van der Waals surface area contributed by atoms with Gasteiger partial charge in [0.2, 0.25) is 5.95 Å². The van der Waals surface area contributed by atoms with Crippen LogP contribution in [0.3, 0.4) is 0 Å². The van der Waals surface area contributed by atoms with Gasteiger partial charge in [-0.3, -0.25) is 9.36 Å². The number of nitrogens with two attached hydrogens (primary N) is 1. The fraction of sp³-hybridized carbons (Fsp3) is 0.478. The summed E-state index contributed by atoms with van der Waals surface area (Å²) in [6, 6.07) is 7.76. The summed E-state index contributed by atoms with van der Waals surface area (Å²) in [5.41, 5.74) is 4.22. The molecule has 13 nitrogen and oxygen atoms in total. The van der Waals surface area contributed by atoms with E-state index in [1.807, 2.05) is 0 Å². The van der Waals surface area contributed by atoms with Crippen molar-refractivity contribution in [1.29, 1.82) is 0 Å². The fourth-order valence-electron chi connectivity index (χ4n) is 4.10. The lowest BCUT2D eigenvalue weighted by Crippen LogP contribution is -2.41. The van der Waals surface area contributed by atoms with Gasteiger partial charge in [0.15, 0.2) is 28.9 Å². The van der Waals surface area contributed by atoms with Gasteiger partial charge in [-0.15, -0.1) is 0 Å². The van der Waals surface area contributed by atoms with Crippen LogP contribution in [0.2, 0.25) is 0 Å². The van der Waals surface area contributed by atoms with Crippen LogP contribution in [-0.2, 0) is 30.6 Å². The number of nitrogen functional groups attached to an aromatic ring is 1. The number of methoxy groups -OCH3 is 1. The molecule has 0 bridgehead atoms. The van der Waals surface area contributed by atoms with Crippen LogP contribution in [0.1, 0.15) is 20.1 Å². The van der Waals surface area contributed by atoms with E-state index < -0.39 is 42.8 Å². The molecule has 16 heteroatoms. The van der Waals surface area contributed by atoms with Gasteiger partial charge in [-0.05, 0) is 37.8 Å². The van der Waals surface area contributed by atoms with E-state index in [2.05, 4.69) is 20.0 Å². The zero-order valence-corrected chi connectivity index (χ0v) is 23.7. The molecule has 6 atom stereocenters. The second-order valence-corrected chi connectivity index (χ2v) is 12.5. The Morgan fingerprint density at radius 2 is 2.08 bits per heavy atom. The Kier molecular flexibility index (Phi) is 8.40. The summed E-state index contributed by atoms with van der Waals surface area (Å²) in [6.45, 7) is -1.02. The molecule has 0 unspecified atom stereocenters. The molecule has 1 aromatic carbocycles. The van der Waals surface area contributed by atoms with E-state index >= 15 is 4.39 Å². The van der Waals surface area contributed by atoms with Crippen molar-refractivity contribution < 1.29 is 32.8 Å². The first-order valence-electron chi connectivity index (χ1n) is 11.9. The number of para-hydroxylation sites is 1. The van der Waals surface area contributed by atoms with Crippen molar-refractivity contribution in [3.8, 4) is 5.75 Å². The van der Waals surface area contributed by atoms with Crippen LogP contribution in [0.4, 0.5) is 16.2 Å². The van der Waals surface area contributed by atoms with Crippen molar-refractivity contribution >= 4 is 47.3 Å². The molecule has 0 aliphatic carbocycles. The molecule has 1 aliphatic heterocycles. The molecule has 3 heterocycles. The van der Waals surface area contributed by atoms with E-state index in [9.17, 15) is 9.90 Å². The van der Waals surface area contributed by atoms with Crippen molar-refractivity contribution in [2.45, 2.75) is 44.0 Å². The largest absolute Gasteiger partial charge is 0.468 e. The molecular weight excluding hydrogens is 552 g/mol. The minimum Gasteiger partial charge on any atom is -0.468 e. The maximum atomic E-state index is 16.0. The second-order valence-electron chi connectivity index (χ2n) is 9.32. The van der Waals surface area contributed by atoms with Crippen LogP contribution < -0.4 is 20.2 Å². The minimum atomic E-state index is -3.42. The van der Waals surface area contributed by atoms with Crippen LogP contribution in [0, 0.1) is 0 Å². The number of carbonyl (C=O) groups is 1. The third kappa shape index (κ3) is 5.98. The topological polar surface area (TPSA) is 159 Å². The van der Waals surface area contributed by atoms with Gasteiger partial charge >= 0.3 is 12.6 Å². The Morgan fingerprint density at radius 3 is 2.72 bits per heavy atom. The number of alkyl halides is 1. The number of ether oxygens (including phenoxy) is 2. The Bertz CT molecular complexity index is 1380. The van der Waals surface area contributed by atoms with E-state index in [1.165, 1.54) is 24.9 Å². The maximum absolute atomic E-state index is 16.0. The summed E-state index contributed by atoms with van der Waals surface area (Å²) >= 11 is 5.65. The van der Waals surface area contributed by atoms with Gasteiger partial charge in [-0.2, -0.15) is 9.97 Å². The maximum Gasteiger partial charge on any atom is 0.323 e. The molecule has 212 valence electrons. The number of esters is 1. The molecule has 0 amide bonds. The molecule has 1 fully saturated rings. The van der Waals surface area contributed by atoms with Gasteiger partial charge < -0.3 is 34.3 Å². The summed E-state index contributed by atoms with van der Waals surface area (Å²) in [5.74, 6) is 0.227. The Morgan fingerprint density at radius 1 is 1.38 bits per heavy atom. The number of halogens is 1. The first-order chi connectivity index (χ1) is 18.4. The van der Waals surface area contributed by atoms with Gasteiger partial charge in [0.05, 0.1) is 20.0 Å². The molecule has 0 spiro atoms. The van der Waals surface area contributed by atoms with Crippen LogP contribution in [0.15, 0.2) is 36.7 Å². The van der Waals surface area contributed by atoms with Gasteiger partial charge in [0, 0.05) is 14.1 Å². The SMILES string of the molecule is COC(=O)[C@H](C)N[P@](=S)(OC[C@H]1O[C@@H](n2cnc3c(N(C)C)nc(N)nc32)[C@](C)(F)[C@@H]1O)Oc1ccccc1. The number of nitrogens with zero attached hydrogens (tertiary/aromatic N) is 5. The van der Waals surface area contributed by atoms with Gasteiger partial charge in [-0.25, -0.2) is 14.5 Å². The molecule has 0 saturated carbocycles. The number of imidazole rings is 1. The van der Waals surface area contributed by atoms with Crippen molar-refractivity contribution in [2.75, 3.05) is 38.4 Å². The number of nitrogens with one attached hydrogen (secondary N) is 1. The number of aliphatic hydroxyl groups is 1. The van der Waals surface area contributed by atoms with Crippen molar-refractivity contribution in [3.05, 3.63) is 36.7 Å². The van der Waals surface area contributed by atoms with Gasteiger partial charge in [0.1, 0.15) is 24.0 Å². The molecule has 1 aliphatic rings. The summed E-state index contributed by atoms with van der Waals surface area (Å²) in [6.07, 6.45) is -2.75. The minimum absolute atomic E-state index is 0.0310. The molecule has 4 N–H and O–H groups in total. The zero-order chi connectivity index (χ0) is 28.5. The second kappa shape index (κ2) is 11.3. The summed E-state index contributed by atoms with van der Waals surface area (Å²) in [4.78, 5) is 26.5. The highest BCUT2D eigenvalue weighted by atomic mass is 32.5. The van der Waals surface area contributed by atoms with Gasteiger partial charge in [0.25, 0.3) is 0 Å². The Balaban J connectivity index is 1.59. The van der Waals surface area contributed by atoms with Crippen molar-refractivity contribution in [3.63, 3.8) is 0 Å². The smallest absolute Gasteiger partial charge is 0.323 e. The normalized spacial score (nSPS) is 25.3. The number of rotatable bonds is 10. The van der Waals surface area contributed by atoms with E-state index in [0.717, 1.165) is 0 Å². The Labute approximate surface area is 229 Å². The van der Waals surface area contributed by atoms with Crippen LogP contribution in [-0.4, -0.2) is 82.3 Å². The predicted molar refractivity (Wildman–Crippen MR) is 145 cm³/mol. The highest BCUT2D eigenvalue weighted by Gasteiger charge is 2.56. The number of fused-ring (bicyclic) bond motifs is 1. The number of hydrogen-bond donors (Lipinski definition) is 3. The third-order valence-electron chi connectivity index (χ3n) is 6.10. The lowest BCUT2D eigenvalue weighted by Gasteiger charge is -2.27. The van der Waals surface area contributed by atoms with Gasteiger partial charge in [-0.1, -0.05) is 18.2 Å². The zero-order valence-electron chi connectivity index (χ0n) is 22.0. The summed E-state index contributed by atoms with van der Waals surface area (Å²) in [7, 11) is 4.77. The van der Waals surface area contributed by atoms with E-state index in [1.54, 1.807) is 56.3 Å². The van der Waals surface area contributed by atoms with Crippen LogP contribution in [0.25, 0.3) is 11.2 Å². The molecule has 39 heavy (non-hydrogen) atoms. The molecule has 2 aromatic heterocycles. The lowest BCUT2D eigenvalue weighted by atomic mass is 9.98. The fourth-order valence-corrected chi connectivity index (χ4v) is 6.52. The monoisotopic (exact) mass is 583 g/mol. The number of aromatic nitrogens is 4. The van der Waals surface area contributed by atoms with Crippen molar-refractivity contribution in [1.82, 2.24) is 24.6 Å². The predicted octanol–water partition coefficient (Wildman–Crippen LogP) is 1.93. The lowest BCUT2D eigenvalue weighted by molar-refractivity contribution is -0.142. The molecule has 3 aromatic rings. The highest BCUT2D eigenvalue weighted by Crippen LogP contribution is 2.48. The van der Waals surface area contributed by atoms with E-state index in [-0.39, 0.29) is 18.2 Å². The van der Waals surface area contributed by atoms with E-state index in [0.29, 0.717) is 17.1 Å². The number of aliphatic hydroxyl groups excluding tert-OH is 1. The molecular formula is C23H31FN7O6PS. The molecule has 4 rings (SSSR count). The summed E-state index contributed by atoms with van der Waals surface area (Å²) in [5, 5.41) is 13.8. The Hall–Kier alpha value is -2.94. The summed E-state index contributed by atoms with van der Waals surface area (Å²) < 4.78 is 39.9. The molecule has 1 saturated heterocycles. The quantitative estimate of drug-likeness (QED) is 0.235. The number of hydrogen-bond acceptors (Lipinski definition) is 12. The molecule has 0 radical (unpaired) electrons. The van der Waals surface area contributed by atoms with Crippen molar-refractivity contribution in [2.24, 2.45) is 0 Å². The average molecular weight is 584 g/mol. The third-order valence-corrected chi connectivity index (χ3v) is 8.60. The number of anilines is 2. The number of carbonyl (C=O) groups excluding carboxylic acids is 1. The number of benzene rings is 1. The van der Waals surface area contributed by atoms with Crippen LogP contribution in [0.5, 0.6) is 5.75 Å². The average Bonchev–Trinajstić information content (AvgIpc) is 3.39. The highest BCUT2D eigenvalue weighted by molar-refractivity contribution is 8.09.